The van der Waals surface area contributed by atoms with Crippen LogP contribution in [0.15, 0.2) is 0 Å². The predicted molar refractivity (Wildman–Crippen MR) is 55.2 cm³/mol. The van der Waals surface area contributed by atoms with Crippen molar-refractivity contribution in [2.75, 3.05) is 13.2 Å². The Morgan fingerprint density at radius 2 is 2.00 bits per heavy atom. The summed E-state index contributed by atoms with van der Waals surface area (Å²) in [4.78, 5) is 0. The molecule has 2 heteroatoms. The monoisotopic (exact) mass is 172 g/mol. The molecule has 0 aromatic heterocycles. The highest BCUT2D eigenvalue weighted by atomic mass is 15.1. The van der Waals surface area contributed by atoms with Gasteiger partial charge < -0.3 is 10.6 Å². The van der Waals surface area contributed by atoms with E-state index in [1.807, 2.05) is 13.8 Å². The highest BCUT2D eigenvalue weighted by Crippen LogP contribution is 2.09. The van der Waals surface area contributed by atoms with Crippen LogP contribution in [0.1, 0.15) is 40.5 Å². The molecule has 1 heterocycles. The molecule has 1 aliphatic rings. The predicted octanol–water partition coefficient (Wildman–Crippen LogP) is 1.97. The van der Waals surface area contributed by atoms with Gasteiger partial charge in [0.25, 0.3) is 0 Å². The van der Waals surface area contributed by atoms with Crippen molar-refractivity contribution in [1.82, 2.24) is 10.6 Å². The van der Waals surface area contributed by atoms with Gasteiger partial charge in [-0.3, -0.25) is 0 Å². The van der Waals surface area contributed by atoms with Gasteiger partial charge >= 0.3 is 0 Å². The van der Waals surface area contributed by atoms with E-state index >= 15 is 0 Å². The molecule has 1 saturated heterocycles. The molecule has 0 aliphatic carbocycles. The van der Waals surface area contributed by atoms with E-state index in [0.29, 0.717) is 0 Å². The first-order valence-electron chi connectivity index (χ1n) is 5.28. The molecule has 1 aliphatic heterocycles. The fourth-order valence-electron chi connectivity index (χ4n) is 1.54. The molecular weight excluding hydrogens is 148 g/mol. The van der Waals surface area contributed by atoms with Crippen molar-refractivity contribution in [3.8, 4) is 0 Å². The molecule has 0 aromatic rings. The Labute approximate surface area is 77.1 Å². The van der Waals surface area contributed by atoms with Crippen LogP contribution in [0.5, 0.6) is 0 Å². The summed E-state index contributed by atoms with van der Waals surface area (Å²) in [5, 5.41) is 6.77. The quantitative estimate of drug-likeness (QED) is 0.665. The number of rotatable bonds is 2. The standard InChI is InChI=1S/C8H18N2.C2H6/c1-3-4-8-7(2)5-9-6-10-8;1-2/h7-10H,3-6H2,1-2H3;1-2H3. The van der Waals surface area contributed by atoms with Gasteiger partial charge in [0.1, 0.15) is 0 Å². The summed E-state index contributed by atoms with van der Waals surface area (Å²) < 4.78 is 0. The van der Waals surface area contributed by atoms with Crippen LogP contribution in [0.2, 0.25) is 0 Å². The first-order valence-corrected chi connectivity index (χ1v) is 5.28. The Morgan fingerprint density at radius 1 is 1.33 bits per heavy atom. The fourth-order valence-corrected chi connectivity index (χ4v) is 1.54. The van der Waals surface area contributed by atoms with E-state index in [-0.39, 0.29) is 0 Å². The third kappa shape index (κ3) is 4.07. The molecule has 0 spiro atoms. The second kappa shape index (κ2) is 7.56. The minimum Gasteiger partial charge on any atom is -0.304 e. The Morgan fingerprint density at radius 3 is 2.50 bits per heavy atom. The van der Waals surface area contributed by atoms with E-state index in [2.05, 4.69) is 24.5 Å². The van der Waals surface area contributed by atoms with E-state index in [9.17, 15) is 0 Å². The Bertz CT molecular complexity index is 91.8. The lowest BCUT2D eigenvalue weighted by molar-refractivity contribution is 0.282. The molecule has 0 bridgehead atoms. The summed E-state index contributed by atoms with van der Waals surface area (Å²) in [5.74, 6) is 0.800. The summed E-state index contributed by atoms with van der Waals surface area (Å²) in [6, 6.07) is 0.756. The van der Waals surface area contributed by atoms with Crippen molar-refractivity contribution in [2.24, 2.45) is 5.92 Å². The molecule has 2 atom stereocenters. The smallest absolute Gasteiger partial charge is 0.0456 e. The Kier molecular flexibility index (Phi) is 7.51. The molecule has 0 aromatic carbocycles. The first kappa shape index (κ1) is 11.9. The van der Waals surface area contributed by atoms with E-state index in [1.165, 1.54) is 19.4 Å². The van der Waals surface area contributed by atoms with Crippen LogP contribution in [0, 0.1) is 5.92 Å². The second-order valence-electron chi connectivity index (χ2n) is 3.21. The van der Waals surface area contributed by atoms with Gasteiger partial charge in [-0.1, -0.05) is 34.1 Å². The van der Waals surface area contributed by atoms with Gasteiger partial charge in [-0.2, -0.15) is 0 Å². The van der Waals surface area contributed by atoms with E-state index in [1.54, 1.807) is 0 Å². The first-order chi connectivity index (χ1) is 5.84. The van der Waals surface area contributed by atoms with Gasteiger partial charge in [0.2, 0.25) is 0 Å². The number of hydrogen-bond acceptors (Lipinski definition) is 2. The molecule has 12 heavy (non-hydrogen) atoms. The molecule has 0 saturated carbocycles. The Hall–Kier alpha value is -0.0800. The minimum absolute atomic E-state index is 0.756. The lowest BCUT2D eigenvalue weighted by Crippen LogP contribution is -2.50. The van der Waals surface area contributed by atoms with Crippen LogP contribution in [0.3, 0.4) is 0 Å². The second-order valence-corrected chi connectivity index (χ2v) is 3.21. The normalized spacial score (nSPS) is 29.0. The largest absolute Gasteiger partial charge is 0.304 e. The maximum absolute atomic E-state index is 3.46. The summed E-state index contributed by atoms with van der Waals surface area (Å²) in [5.41, 5.74) is 0. The van der Waals surface area contributed by atoms with Gasteiger partial charge in [-0.15, -0.1) is 0 Å². The summed E-state index contributed by atoms with van der Waals surface area (Å²) in [6.45, 7) is 10.7. The third-order valence-electron chi connectivity index (χ3n) is 2.24. The van der Waals surface area contributed by atoms with Crippen molar-refractivity contribution < 1.29 is 0 Å². The van der Waals surface area contributed by atoms with Crippen LogP contribution in [-0.4, -0.2) is 19.3 Å². The highest BCUT2D eigenvalue weighted by Gasteiger charge is 2.18. The van der Waals surface area contributed by atoms with Crippen LogP contribution in [0.25, 0.3) is 0 Å². The van der Waals surface area contributed by atoms with Crippen LogP contribution in [-0.2, 0) is 0 Å². The summed E-state index contributed by atoms with van der Waals surface area (Å²) >= 11 is 0. The third-order valence-corrected chi connectivity index (χ3v) is 2.24. The highest BCUT2D eigenvalue weighted by molar-refractivity contribution is 4.77. The SMILES string of the molecule is CC.CCCC1NCNCC1C. The molecule has 2 N–H and O–H groups in total. The van der Waals surface area contributed by atoms with Crippen LogP contribution < -0.4 is 10.6 Å². The van der Waals surface area contributed by atoms with Gasteiger partial charge in [-0.25, -0.2) is 0 Å². The molecule has 2 nitrogen and oxygen atoms in total. The maximum atomic E-state index is 3.46. The van der Waals surface area contributed by atoms with Crippen molar-refractivity contribution in [1.29, 1.82) is 0 Å². The number of nitrogens with one attached hydrogen (secondary N) is 2. The van der Waals surface area contributed by atoms with Crippen molar-refractivity contribution in [2.45, 2.75) is 46.6 Å². The van der Waals surface area contributed by atoms with Crippen molar-refractivity contribution in [3.05, 3.63) is 0 Å². The minimum atomic E-state index is 0.756. The topological polar surface area (TPSA) is 24.1 Å². The fraction of sp³-hybridized carbons (Fsp3) is 1.00. The van der Waals surface area contributed by atoms with Gasteiger partial charge in [0.05, 0.1) is 0 Å². The molecule has 2 unspecified atom stereocenters. The van der Waals surface area contributed by atoms with E-state index in [4.69, 9.17) is 0 Å². The van der Waals surface area contributed by atoms with Crippen molar-refractivity contribution >= 4 is 0 Å². The lowest BCUT2D eigenvalue weighted by atomic mass is 9.96. The molecule has 0 amide bonds. The average molecular weight is 172 g/mol. The Balaban J connectivity index is 0.000000561. The average Bonchev–Trinajstić information content (AvgIpc) is 2.13. The zero-order chi connectivity index (χ0) is 9.40. The van der Waals surface area contributed by atoms with E-state index < -0.39 is 0 Å². The van der Waals surface area contributed by atoms with Gasteiger partial charge in [0.15, 0.2) is 0 Å². The maximum Gasteiger partial charge on any atom is 0.0456 e. The molecular formula is C10H24N2. The zero-order valence-electron chi connectivity index (χ0n) is 8.98. The van der Waals surface area contributed by atoms with Gasteiger partial charge in [0, 0.05) is 19.3 Å². The summed E-state index contributed by atoms with van der Waals surface area (Å²) in [6.07, 6.45) is 2.62. The summed E-state index contributed by atoms with van der Waals surface area (Å²) in [7, 11) is 0. The number of hydrogen-bond donors (Lipinski definition) is 2. The van der Waals surface area contributed by atoms with Gasteiger partial charge in [-0.05, 0) is 12.3 Å². The van der Waals surface area contributed by atoms with Crippen molar-refractivity contribution in [3.63, 3.8) is 0 Å². The lowest BCUT2D eigenvalue weighted by Gasteiger charge is -2.30. The zero-order valence-corrected chi connectivity index (χ0v) is 8.98. The molecule has 1 rings (SSSR count). The van der Waals surface area contributed by atoms with Crippen LogP contribution >= 0.6 is 0 Å². The molecule has 0 radical (unpaired) electrons. The molecule has 1 fully saturated rings. The van der Waals surface area contributed by atoms with E-state index in [0.717, 1.165) is 18.6 Å². The van der Waals surface area contributed by atoms with Crippen LogP contribution in [0.4, 0.5) is 0 Å². The molecule has 74 valence electrons.